The van der Waals surface area contributed by atoms with Gasteiger partial charge in [0.1, 0.15) is 5.69 Å². The summed E-state index contributed by atoms with van der Waals surface area (Å²) in [6.07, 6.45) is 0. The first-order valence-corrected chi connectivity index (χ1v) is 7.11. The zero-order chi connectivity index (χ0) is 17.7. The van der Waals surface area contributed by atoms with Gasteiger partial charge >= 0.3 is 5.69 Å². The van der Waals surface area contributed by atoms with Gasteiger partial charge in [0.15, 0.2) is 5.11 Å². The zero-order valence-corrected chi connectivity index (χ0v) is 13.3. The number of hydrogen-bond donors (Lipinski definition) is 3. The number of para-hydroxylation sites is 1. The second kappa shape index (κ2) is 7.33. The number of nitro groups is 2. The maximum atomic E-state index is 11.0. The van der Waals surface area contributed by atoms with Crippen LogP contribution in [0.1, 0.15) is 5.56 Å². The Morgan fingerprint density at radius 3 is 2.38 bits per heavy atom. The predicted octanol–water partition coefficient (Wildman–Crippen LogP) is 3.12. The van der Waals surface area contributed by atoms with Crippen molar-refractivity contribution in [3.63, 3.8) is 0 Å². The van der Waals surface area contributed by atoms with E-state index in [0.29, 0.717) is 0 Å². The molecular weight excluding hydrogens is 334 g/mol. The van der Waals surface area contributed by atoms with E-state index in [1.165, 1.54) is 6.07 Å². The number of thiocarbonyl (C=S) groups is 1. The molecule has 0 radical (unpaired) electrons. The first-order chi connectivity index (χ1) is 11.4. The normalized spacial score (nSPS) is 9.88. The van der Waals surface area contributed by atoms with E-state index in [9.17, 15) is 20.2 Å². The van der Waals surface area contributed by atoms with Crippen molar-refractivity contribution in [2.24, 2.45) is 0 Å². The van der Waals surface area contributed by atoms with Crippen molar-refractivity contribution in [3.05, 3.63) is 68.3 Å². The number of anilines is 2. The minimum atomic E-state index is -0.713. The molecule has 2 aromatic carbocycles. The zero-order valence-electron chi connectivity index (χ0n) is 12.5. The Kier molecular flexibility index (Phi) is 5.22. The van der Waals surface area contributed by atoms with Crippen molar-refractivity contribution in [2.75, 3.05) is 10.7 Å². The molecule has 0 aliphatic carbocycles. The monoisotopic (exact) mass is 347 g/mol. The van der Waals surface area contributed by atoms with E-state index in [-0.39, 0.29) is 16.5 Å². The lowest BCUT2D eigenvalue weighted by molar-refractivity contribution is -0.393. The number of non-ortho nitro benzene ring substituents is 1. The predicted molar refractivity (Wildman–Crippen MR) is 93.9 cm³/mol. The molecule has 0 saturated heterocycles. The third-order valence-electron chi connectivity index (χ3n) is 3.09. The second-order valence-electron chi connectivity index (χ2n) is 4.73. The second-order valence-corrected chi connectivity index (χ2v) is 5.14. The van der Waals surface area contributed by atoms with Crippen molar-refractivity contribution in [1.82, 2.24) is 5.43 Å². The summed E-state index contributed by atoms with van der Waals surface area (Å²) in [5, 5.41) is 24.9. The summed E-state index contributed by atoms with van der Waals surface area (Å²) in [5.41, 5.74) is 6.21. The number of hydrazine groups is 1. The van der Waals surface area contributed by atoms with Crippen LogP contribution in [0, 0.1) is 27.2 Å². The standard InChI is InChI=1S/C14H13N5O4S/c1-9-4-2-3-5-11(9)15-14(24)17-16-12-7-6-10(18(20)21)8-13(12)19(22)23/h2-8,16H,1H3,(H2,15,17,24). The van der Waals surface area contributed by atoms with Crippen LogP contribution in [0.25, 0.3) is 0 Å². The topological polar surface area (TPSA) is 122 Å². The number of nitrogens with zero attached hydrogens (tertiary/aromatic N) is 2. The lowest BCUT2D eigenvalue weighted by Crippen LogP contribution is -2.33. The number of nitro benzene ring substituents is 2. The Labute approximate surface area is 142 Å². The molecular formula is C14H13N5O4S. The minimum absolute atomic E-state index is 0.0551. The lowest BCUT2D eigenvalue weighted by Gasteiger charge is -2.13. The van der Waals surface area contributed by atoms with Crippen molar-refractivity contribution in [1.29, 1.82) is 0 Å². The van der Waals surface area contributed by atoms with Gasteiger partial charge in [-0.15, -0.1) is 0 Å². The molecule has 10 heteroatoms. The van der Waals surface area contributed by atoms with Gasteiger partial charge in [-0.25, -0.2) is 0 Å². The molecule has 0 fully saturated rings. The van der Waals surface area contributed by atoms with E-state index in [1.54, 1.807) is 0 Å². The largest absolute Gasteiger partial charge is 0.331 e. The van der Waals surface area contributed by atoms with Crippen LogP contribution in [0.4, 0.5) is 22.7 Å². The summed E-state index contributed by atoms with van der Waals surface area (Å²) in [7, 11) is 0. The van der Waals surface area contributed by atoms with Crippen LogP contribution in [0.2, 0.25) is 0 Å². The quantitative estimate of drug-likeness (QED) is 0.428. The molecule has 0 spiro atoms. The fourth-order valence-electron chi connectivity index (χ4n) is 1.88. The fourth-order valence-corrected chi connectivity index (χ4v) is 2.04. The Morgan fingerprint density at radius 1 is 1.04 bits per heavy atom. The molecule has 3 N–H and O–H groups in total. The Morgan fingerprint density at radius 2 is 1.75 bits per heavy atom. The van der Waals surface area contributed by atoms with Crippen molar-refractivity contribution >= 4 is 40.1 Å². The Hall–Kier alpha value is -3.27. The van der Waals surface area contributed by atoms with Gasteiger partial charge in [-0.3, -0.25) is 31.1 Å². The van der Waals surface area contributed by atoms with Crippen molar-refractivity contribution in [3.8, 4) is 0 Å². The molecule has 2 aromatic rings. The number of rotatable bonds is 5. The van der Waals surface area contributed by atoms with E-state index in [2.05, 4.69) is 16.2 Å². The summed E-state index contributed by atoms with van der Waals surface area (Å²) >= 11 is 5.11. The van der Waals surface area contributed by atoms with Gasteiger partial charge in [0, 0.05) is 11.8 Å². The number of hydrogen-bond acceptors (Lipinski definition) is 6. The Bertz CT molecular complexity index is 812. The lowest BCUT2D eigenvalue weighted by atomic mass is 10.2. The molecule has 0 unspecified atom stereocenters. The van der Waals surface area contributed by atoms with Gasteiger partial charge in [-0.2, -0.15) is 0 Å². The third-order valence-corrected chi connectivity index (χ3v) is 3.30. The van der Waals surface area contributed by atoms with Gasteiger partial charge in [-0.1, -0.05) is 18.2 Å². The highest BCUT2D eigenvalue weighted by Gasteiger charge is 2.19. The molecule has 0 atom stereocenters. The van der Waals surface area contributed by atoms with E-state index in [0.717, 1.165) is 23.4 Å². The summed E-state index contributed by atoms with van der Waals surface area (Å²) in [4.78, 5) is 20.3. The van der Waals surface area contributed by atoms with E-state index in [4.69, 9.17) is 12.2 Å². The van der Waals surface area contributed by atoms with Crippen molar-refractivity contribution in [2.45, 2.75) is 6.92 Å². The molecule has 124 valence electrons. The number of nitrogens with one attached hydrogen (secondary N) is 3. The van der Waals surface area contributed by atoms with Crippen LogP contribution < -0.4 is 16.2 Å². The highest BCUT2D eigenvalue weighted by Crippen LogP contribution is 2.28. The summed E-state index contributed by atoms with van der Waals surface area (Å²) in [5.74, 6) is 0. The van der Waals surface area contributed by atoms with Gasteiger partial charge in [-0.05, 0) is 36.8 Å². The SMILES string of the molecule is Cc1ccccc1NC(=S)NNc1ccc([N+](=O)[O-])cc1[N+](=O)[O-]. The average molecular weight is 347 g/mol. The highest BCUT2D eigenvalue weighted by atomic mass is 32.1. The maximum absolute atomic E-state index is 11.0. The van der Waals surface area contributed by atoms with Crippen LogP contribution in [0.3, 0.4) is 0 Å². The van der Waals surface area contributed by atoms with Crippen LogP contribution in [-0.2, 0) is 0 Å². The molecule has 0 aliphatic heterocycles. The van der Waals surface area contributed by atoms with Gasteiger partial charge < -0.3 is 5.32 Å². The average Bonchev–Trinajstić information content (AvgIpc) is 2.54. The summed E-state index contributed by atoms with van der Waals surface area (Å²) in [6.45, 7) is 1.90. The summed E-state index contributed by atoms with van der Waals surface area (Å²) < 4.78 is 0. The molecule has 9 nitrogen and oxygen atoms in total. The van der Waals surface area contributed by atoms with Crippen LogP contribution in [0.5, 0.6) is 0 Å². The first kappa shape index (κ1) is 17.1. The van der Waals surface area contributed by atoms with Crippen LogP contribution >= 0.6 is 12.2 Å². The van der Waals surface area contributed by atoms with E-state index >= 15 is 0 Å². The highest BCUT2D eigenvalue weighted by molar-refractivity contribution is 7.80. The third kappa shape index (κ3) is 4.14. The van der Waals surface area contributed by atoms with Gasteiger partial charge in [0.05, 0.1) is 15.9 Å². The molecule has 0 heterocycles. The molecule has 0 saturated carbocycles. The van der Waals surface area contributed by atoms with E-state index in [1.807, 2.05) is 31.2 Å². The molecule has 0 aliphatic rings. The Balaban J connectivity index is 2.08. The van der Waals surface area contributed by atoms with Gasteiger partial charge in [0.2, 0.25) is 0 Å². The van der Waals surface area contributed by atoms with Crippen LogP contribution in [-0.4, -0.2) is 15.0 Å². The first-order valence-electron chi connectivity index (χ1n) is 6.70. The maximum Gasteiger partial charge on any atom is 0.300 e. The fraction of sp³-hybridized carbons (Fsp3) is 0.0714. The van der Waals surface area contributed by atoms with Crippen LogP contribution in [0.15, 0.2) is 42.5 Å². The molecule has 2 rings (SSSR count). The number of aryl methyl sites for hydroxylation is 1. The molecule has 0 aromatic heterocycles. The number of benzene rings is 2. The molecule has 0 bridgehead atoms. The smallest absolute Gasteiger partial charge is 0.300 e. The van der Waals surface area contributed by atoms with E-state index < -0.39 is 15.5 Å². The molecule has 24 heavy (non-hydrogen) atoms. The van der Waals surface area contributed by atoms with Crippen molar-refractivity contribution < 1.29 is 9.85 Å². The summed E-state index contributed by atoms with van der Waals surface area (Å²) in [6, 6.07) is 10.7. The van der Waals surface area contributed by atoms with Gasteiger partial charge in [0.25, 0.3) is 5.69 Å². The minimum Gasteiger partial charge on any atom is -0.331 e. The molecule has 0 amide bonds.